The first-order valence-corrected chi connectivity index (χ1v) is 7.89. The molecule has 0 saturated carbocycles. The summed E-state index contributed by atoms with van der Waals surface area (Å²) in [5.74, 6) is 0. The Kier molecular flexibility index (Phi) is 5.07. The summed E-state index contributed by atoms with van der Waals surface area (Å²) < 4.78 is 5.39. The molecule has 0 aromatic rings. The van der Waals surface area contributed by atoms with Crippen molar-refractivity contribution < 1.29 is 4.74 Å². The molecule has 3 aliphatic rings. The Hall–Kier alpha value is -0.200. The van der Waals surface area contributed by atoms with Crippen LogP contribution in [0.25, 0.3) is 0 Å². The number of piperazine rings is 1. The van der Waals surface area contributed by atoms with Gasteiger partial charge in [-0.25, -0.2) is 0 Å². The van der Waals surface area contributed by atoms with Crippen molar-refractivity contribution in [3.05, 3.63) is 0 Å². The molecule has 19 heavy (non-hydrogen) atoms. The maximum atomic E-state index is 5.39. The van der Waals surface area contributed by atoms with Crippen LogP contribution in [0.5, 0.6) is 0 Å². The van der Waals surface area contributed by atoms with Crippen LogP contribution in [0.2, 0.25) is 0 Å². The van der Waals surface area contributed by atoms with Gasteiger partial charge in [0.15, 0.2) is 0 Å². The molecule has 0 aromatic heterocycles. The van der Waals surface area contributed by atoms with E-state index in [4.69, 9.17) is 4.74 Å². The van der Waals surface area contributed by atoms with Crippen LogP contribution in [0, 0.1) is 0 Å². The molecule has 0 radical (unpaired) electrons. The molecule has 0 bridgehead atoms. The van der Waals surface area contributed by atoms with E-state index in [9.17, 15) is 0 Å². The fourth-order valence-corrected chi connectivity index (χ4v) is 3.41. The number of nitrogens with zero attached hydrogens (tertiary/aromatic N) is 3. The fourth-order valence-electron chi connectivity index (χ4n) is 3.41. The summed E-state index contributed by atoms with van der Waals surface area (Å²) in [6.07, 6.45) is 1.34. The van der Waals surface area contributed by atoms with Crippen molar-refractivity contribution in [3.63, 3.8) is 0 Å². The molecule has 3 rings (SSSR count). The van der Waals surface area contributed by atoms with Crippen LogP contribution in [-0.4, -0.2) is 99.4 Å². The van der Waals surface area contributed by atoms with Gasteiger partial charge in [0.25, 0.3) is 0 Å². The van der Waals surface area contributed by atoms with Crippen molar-refractivity contribution in [1.29, 1.82) is 0 Å². The Balaban J connectivity index is 1.33. The molecule has 1 unspecified atom stereocenters. The first-order valence-electron chi connectivity index (χ1n) is 7.89. The number of nitrogens with one attached hydrogen (secondary N) is 1. The van der Waals surface area contributed by atoms with Crippen molar-refractivity contribution in [2.75, 3.05) is 78.7 Å². The van der Waals surface area contributed by atoms with E-state index in [1.54, 1.807) is 0 Å². The average molecular weight is 268 g/mol. The molecule has 0 spiro atoms. The van der Waals surface area contributed by atoms with Gasteiger partial charge in [0.1, 0.15) is 0 Å². The van der Waals surface area contributed by atoms with Gasteiger partial charge in [-0.05, 0) is 13.0 Å². The van der Waals surface area contributed by atoms with Crippen LogP contribution in [0.4, 0.5) is 0 Å². The largest absolute Gasteiger partial charge is 0.379 e. The van der Waals surface area contributed by atoms with E-state index in [0.717, 1.165) is 32.3 Å². The molecule has 0 aliphatic carbocycles. The molecule has 5 nitrogen and oxygen atoms in total. The molecule has 1 N–H and O–H groups in total. The Morgan fingerprint density at radius 2 is 1.58 bits per heavy atom. The van der Waals surface area contributed by atoms with Gasteiger partial charge in [0, 0.05) is 64.9 Å². The standard InChI is InChI=1S/C14H28N4O/c1-2-15-13-14(1)18-7-5-16(6-8-18)3-4-17-9-11-19-12-10-17/h14-15H,1-13H2. The summed E-state index contributed by atoms with van der Waals surface area (Å²) in [5.41, 5.74) is 0. The predicted molar refractivity (Wildman–Crippen MR) is 76.5 cm³/mol. The molecule has 3 saturated heterocycles. The highest BCUT2D eigenvalue weighted by Gasteiger charge is 2.25. The van der Waals surface area contributed by atoms with Crippen LogP contribution >= 0.6 is 0 Å². The molecular weight excluding hydrogens is 240 g/mol. The maximum absolute atomic E-state index is 5.39. The second-order valence-electron chi connectivity index (χ2n) is 5.98. The Bertz CT molecular complexity index is 256. The summed E-state index contributed by atoms with van der Waals surface area (Å²) in [6, 6.07) is 0.807. The highest BCUT2D eigenvalue weighted by atomic mass is 16.5. The van der Waals surface area contributed by atoms with E-state index >= 15 is 0 Å². The number of hydrogen-bond donors (Lipinski definition) is 1. The van der Waals surface area contributed by atoms with Gasteiger partial charge in [-0.3, -0.25) is 14.7 Å². The second-order valence-corrected chi connectivity index (χ2v) is 5.98. The topological polar surface area (TPSA) is 31.0 Å². The lowest BCUT2D eigenvalue weighted by Crippen LogP contribution is -2.52. The summed E-state index contributed by atoms with van der Waals surface area (Å²) in [7, 11) is 0. The quantitative estimate of drug-likeness (QED) is 0.728. The fraction of sp³-hybridized carbons (Fsp3) is 1.00. The molecule has 5 heteroatoms. The minimum absolute atomic E-state index is 0.807. The smallest absolute Gasteiger partial charge is 0.0594 e. The van der Waals surface area contributed by atoms with Crippen LogP contribution in [0.1, 0.15) is 6.42 Å². The third kappa shape index (κ3) is 3.89. The van der Waals surface area contributed by atoms with Crippen LogP contribution < -0.4 is 5.32 Å². The minimum atomic E-state index is 0.807. The van der Waals surface area contributed by atoms with Crippen molar-refractivity contribution >= 4 is 0 Å². The van der Waals surface area contributed by atoms with E-state index in [1.165, 1.54) is 58.8 Å². The number of ether oxygens (including phenoxy) is 1. The van der Waals surface area contributed by atoms with Gasteiger partial charge in [-0.15, -0.1) is 0 Å². The zero-order valence-corrected chi connectivity index (χ0v) is 12.0. The molecule has 0 aromatic carbocycles. The van der Waals surface area contributed by atoms with Crippen LogP contribution in [0.3, 0.4) is 0 Å². The molecule has 0 amide bonds. The van der Waals surface area contributed by atoms with E-state index in [0.29, 0.717) is 0 Å². The van der Waals surface area contributed by atoms with Gasteiger partial charge in [0.05, 0.1) is 13.2 Å². The summed E-state index contributed by atoms with van der Waals surface area (Å²) in [5, 5.41) is 3.48. The van der Waals surface area contributed by atoms with E-state index in [2.05, 4.69) is 20.0 Å². The lowest BCUT2D eigenvalue weighted by molar-refractivity contribution is 0.0283. The first kappa shape index (κ1) is 13.8. The zero-order chi connectivity index (χ0) is 12.9. The van der Waals surface area contributed by atoms with Gasteiger partial charge < -0.3 is 10.1 Å². The average Bonchev–Trinajstić information content (AvgIpc) is 3.01. The van der Waals surface area contributed by atoms with E-state index in [1.807, 2.05) is 0 Å². The molecule has 3 fully saturated rings. The Labute approximate surface area is 116 Å². The maximum Gasteiger partial charge on any atom is 0.0594 e. The SMILES string of the molecule is C1CC(N2CCN(CCN3CCOCC3)CC2)CN1. The van der Waals surface area contributed by atoms with Gasteiger partial charge in [-0.1, -0.05) is 0 Å². The van der Waals surface area contributed by atoms with Gasteiger partial charge in [-0.2, -0.15) is 0 Å². The molecule has 3 heterocycles. The predicted octanol–water partition coefficient (Wildman–Crippen LogP) is -0.702. The number of hydrogen-bond acceptors (Lipinski definition) is 5. The van der Waals surface area contributed by atoms with E-state index in [-0.39, 0.29) is 0 Å². The summed E-state index contributed by atoms with van der Waals surface area (Å²) in [6.45, 7) is 14.0. The third-order valence-corrected chi connectivity index (χ3v) is 4.79. The van der Waals surface area contributed by atoms with Gasteiger partial charge in [0.2, 0.25) is 0 Å². The number of morpholine rings is 1. The molecule has 3 aliphatic heterocycles. The molecule has 1 atom stereocenters. The van der Waals surface area contributed by atoms with Crippen molar-refractivity contribution in [1.82, 2.24) is 20.0 Å². The lowest BCUT2D eigenvalue weighted by Gasteiger charge is -2.38. The monoisotopic (exact) mass is 268 g/mol. The van der Waals surface area contributed by atoms with Crippen molar-refractivity contribution in [2.24, 2.45) is 0 Å². The van der Waals surface area contributed by atoms with Crippen molar-refractivity contribution in [3.8, 4) is 0 Å². The first-order chi connectivity index (χ1) is 9.42. The highest BCUT2D eigenvalue weighted by Crippen LogP contribution is 2.11. The molecule has 110 valence electrons. The summed E-state index contributed by atoms with van der Waals surface area (Å²) >= 11 is 0. The van der Waals surface area contributed by atoms with Gasteiger partial charge >= 0.3 is 0 Å². The normalized spacial score (nSPS) is 31.9. The van der Waals surface area contributed by atoms with E-state index < -0.39 is 0 Å². The third-order valence-electron chi connectivity index (χ3n) is 4.79. The lowest BCUT2D eigenvalue weighted by atomic mass is 10.2. The minimum Gasteiger partial charge on any atom is -0.379 e. The Morgan fingerprint density at radius 1 is 0.895 bits per heavy atom. The van der Waals surface area contributed by atoms with Crippen LogP contribution in [0.15, 0.2) is 0 Å². The molecular formula is C14H28N4O. The Morgan fingerprint density at radius 3 is 2.21 bits per heavy atom. The summed E-state index contributed by atoms with van der Waals surface area (Å²) in [4.78, 5) is 7.86. The number of rotatable bonds is 4. The van der Waals surface area contributed by atoms with Crippen molar-refractivity contribution in [2.45, 2.75) is 12.5 Å². The zero-order valence-electron chi connectivity index (χ0n) is 12.0. The van der Waals surface area contributed by atoms with Crippen LogP contribution in [-0.2, 0) is 4.74 Å². The highest BCUT2D eigenvalue weighted by molar-refractivity contribution is 4.84. The second kappa shape index (κ2) is 6.99.